The number of carbonyl (C=O) groups is 1. The fourth-order valence-electron chi connectivity index (χ4n) is 2.91. The zero-order valence-corrected chi connectivity index (χ0v) is 12.0. The van der Waals surface area contributed by atoms with Gasteiger partial charge in [-0.25, -0.2) is 8.78 Å². The van der Waals surface area contributed by atoms with E-state index in [-0.39, 0.29) is 29.2 Å². The highest BCUT2D eigenvalue weighted by atomic mass is 19.1. The number of piperidine rings is 1. The second kappa shape index (κ2) is 5.77. The van der Waals surface area contributed by atoms with E-state index in [1.165, 1.54) is 7.05 Å². The maximum absolute atomic E-state index is 13.8. The molecule has 1 amide bonds. The molecular weight excluding hydrogens is 262 g/mol. The summed E-state index contributed by atoms with van der Waals surface area (Å²) in [6.07, 6.45) is 2.93. The van der Waals surface area contributed by atoms with Crippen LogP contribution in [0.2, 0.25) is 0 Å². The van der Waals surface area contributed by atoms with Crippen LogP contribution in [0, 0.1) is 11.6 Å². The van der Waals surface area contributed by atoms with Crippen LogP contribution in [0.5, 0.6) is 0 Å². The molecule has 0 spiro atoms. The van der Waals surface area contributed by atoms with Crippen LogP contribution < -0.4 is 5.32 Å². The average molecular weight is 282 g/mol. The van der Waals surface area contributed by atoms with Gasteiger partial charge >= 0.3 is 0 Å². The third-order valence-corrected chi connectivity index (χ3v) is 3.97. The highest BCUT2D eigenvalue weighted by Gasteiger charge is 2.30. The Hall–Kier alpha value is -1.65. The van der Waals surface area contributed by atoms with Gasteiger partial charge in [0.05, 0.1) is 0 Å². The van der Waals surface area contributed by atoms with Gasteiger partial charge in [-0.15, -0.1) is 0 Å². The predicted octanol–water partition coefficient (Wildman–Crippen LogP) is 3.41. The molecule has 1 saturated heterocycles. The first-order valence-electron chi connectivity index (χ1n) is 6.95. The number of nitrogens with one attached hydrogen (secondary N) is 1. The van der Waals surface area contributed by atoms with Crippen molar-refractivity contribution in [1.82, 2.24) is 4.90 Å². The number of benzene rings is 1. The zero-order chi connectivity index (χ0) is 14.9. The van der Waals surface area contributed by atoms with Crippen LogP contribution in [0.1, 0.15) is 43.5 Å². The highest BCUT2D eigenvalue weighted by Crippen LogP contribution is 2.27. The number of hydrogen-bond donors (Lipinski definition) is 1. The summed E-state index contributed by atoms with van der Waals surface area (Å²) >= 11 is 0. The third kappa shape index (κ3) is 2.62. The largest absolute Gasteiger partial charge is 0.383 e. The van der Waals surface area contributed by atoms with E-state index in [9.17, 15) is 13.6 Å². The average Bonchev–Trinajstić information content (AvgIpc) is 2.37. The first kappa shape index (κ1) is 14.8. The van der Waals surface area contributed by atoms with E-state index >= 15 is 0 Å². The van der Waals surface area contributed by atoms with Crippen LogP contribution in [0.15, 0.2) is 12.1 Å². The fraction of sp³-hybridized carbons (Fsp3) is 0.533. The summed E-state index contributed by atoms with van der Waals surface area (Å²) in [5.74, 6) is -1.79. The monoisotopic (exact) mass is 282 g/mol. The summed E-state index contributed by atoms with van der Waals surface area (Å²) in [5.41, 5.74) is -0.138. The maximum atomic E-state index is 13.8. The van der Waals surface area contributed by atoms with Crippen LogP contribution in [-0.4, -0.2) is 29.9 Å². The molecule has 0 bridgehead atoms. The minimum absolute atomic E-state index is 0.0691. The summed E-state index contributed by atoms with van der Waals surface area (Å²) < 4.78 is 27.5. The Kier molecular flexibility index (Phi) is 4.26. The molecule has 0 radical (unpaired) electrons. The van der Waals surface area contributed by atoms with Gasteiger partial charge in [0.2, 0.25) is 0 Å². The molecule has 1 aliphatic rings. The first-order valence-corrected chi connectivity index (χ1v) is 6.95. The summed E-state index contributed by atoms with van der Waals surface area (Å²) in [6.45, 7) is 3.95. The molecule has 5 heteroatoms. The SMILES string of the molecule is CNc1c(F)cc(C(=O)N2C(C)CCCC2C)cc1F. The maximum Gasteiger partial charge on any atom is 0.254 e. The van der Waals surface area contributed by atoms with Crippen LogP contribution in [0.25, 0.3) is 0 Å². The van der Waals surface area contributed by atoms with Gasteiger partial charge in [-0.05, 0) is 45.2 Å². The fourth-order valence-corrected chi connectivity index (χ4v) is 2.91. The van der Waals surface area contributed by atoms with Gasteiger partial charge in [0, 0.05) is 24.7 Å². The van der Waals surface area contributed by atoms with Crippen molar-refractivity contribution in [2.75, 3.05) is 12.4 Å². The minimum atomic E-state index is -0.742. The summed E-state index contributed by atoms with van der Waals surface area (Å²) in [4.78, 5) is 14.2. The van der Waals surface area contributed by atoms with Crippen molar-refractivity contribution in [3.05, 3.63) is 29.3 Å². The molecule has 2 rings (SSSR count). The van der Waals surface area contributed by atoms with E-state index in [1.54, 1.807) is 4.90 Å². The van der Waals surface area contributed by atoms with Crippen molar-refractivity contribution in [2.24, 2.45) is 0 Å². The molecule has 20 heavy (non-hydrogen) atoms. The van der Waals surface area contributed by atoms with E-state index in [0.717, 1.165) is 31.4 Å². The number of anilines is 1. The summed E-state index contributed by atoms with van der Waals surface area (Å²) in [5, 5.41) is 2.45. The topological polar surface area (TPSA) is 32.3 Å². The lowest BCUT2D eigenvalue weighted by atomic mass is 9.96. The second-order valence-corrected chi connectivity index (χ2v) is 5.41. The minimum Gasteiger partial charge on any atom is -0.383 e. The lowest BCUT2D eigenvalue weighted by molar-refractivity contribution is 0.0510. The number of carbonyl (C=O) groups excluding carboxylic acids is 1. The van der Waals surface area contributed by atoms with Crippen LogP contribution in [0.3, 0.4) is 0 Å². The van der Waals surface area contributed by atoms with E-state index in [0.29, 0.717) is 0 Å². The molecule has 1 heterocycles. The molecule has 0 aromatic heterocycles. The van der Waals surface area contributed by atoms with Crippen LogP contribution >= 0.6 is 0 Å². The van der Waals surface area contributed by atoms with E-state index in [1.807, 2.05) is 13.8 Å². The Labute approximate surface area is 118 Å². The van der Waals surface area contributed by atoms with Crippen molar-refractivity contribution in [3.63, 3.8) is 0 Å². The Balaban J connectivity index is 2.33. The molecule has 2 unspecified atom stereocenters. The molecule has 2 atom stereocenters. The Morgan fingerprint density at radius 2 is 1.70 bits per heavy atom. The van der Waals surface area contributed by atoms with Crippen LogP contribution in [-0.2, 0) is 0 Å². The molecule has 1 aromatic rings. The number of hydrogen-bond acceptors (Lipinski definition) is 2. The molecule has 1 aliphatic heterocycles. The third-order valence-electron chi connectivity index (χ3n) is 3.97. The molecule has 0 saturated carbocycles. The number of rotatable bonds is 2. The molecular formula is C15H20F2N2O. The number of halogens is 2. The lowest BCUT2D eigenvalue weighted by Crippen LogP contribution is -2.47. The molecule has 3 nitrogen and oxygen atoms in total. The van der Waals surface area contributed by atoms with Gasteiger partial charge in [0.25, 0.3) is 5.91 Å². The predicted molar refractivity (Wildman–Crippen MR) is 74.8 cm³/mol. The van der Waals surface area contributed by atoms with Crippen LogP contribution in [0.4, 0.5) is 14.5 Å². The Morgan fingerprint density at radius 3 is 2.15 bits per heavy atom. The van der Waals surface area contributed by atoms with Gasteiger partial charge in [0.1, 0.15) is 17.3 Å². The standard InChI is InChI=1S/C15H20F2N2O/c1-9-5-4-6-10(2)19(9)15(20)11-7-12(16)14(18-3)13(17)8-11/h7-10,18H,4-6H2,1-3H3. The van der Waals surface area contributed by atoms with Gasteiger partial charge in [-0.3, -0.25) is 4.79 Å². The Morgan fingerprint density at radius 1 is 1.20 bits per heavy atom. The quantitative estimate of drug-likeness (QED) is 0.901. The van der Waals surface area contributed by atoms with Crippen molar-refractivity contribution in [2.45, 2.75) is 45.2 Å². The molecule has 1 aromatic carbocycles. The first-order chi connectivity index (χ1) is 9.45. The van der Waals surface area contributed by atoms with E-state index in [4.69, 9.17) is 0 Å². The normalized spacial score (nSPS) is 22.8. The zero-order valence-electron chi connectivity index (χ0n) is 12.0. The smallest absolute Gasteiger partial charge is 0.254 e. The van der Waals surface area contributed by atoms with Gasteiger partial charge in [-0.1, -0.05) is 0 Å². The van der Waals surface area contributed by atoms with E-state index < -0.39 is 11.6 Å². The van der Waals surface area contributed by atoms with Crippen molar-refractivity contribution in [3.8, 4) is 0 Å². The second-order valence-electron chi connectivity index (χ2n) is 5.41. The van der Waals surface area contributed by atoms with Crippen molar-refractivity contribution >= 4 is 11.6 Å². The van der Waals surface area contributed by atoms with Gasteiger partial charge < -0.3 is 10.2 Å². The van der Waals surface area contributed by atoms with Gasteiger partial charge in [0.15, 0.2) is 0 Å². The van der Waals surface area contributed by atoms with Gasteiger partial charge in [-0.2, -0.15) is 0 Å². The van der Waals surface area contributed by atoms with Crippen molar-refractivity contribution in [1.29, 1.82) is 0 Å². The highest BCUT2D eigenvalue weighted by molar-refractivity contribution is 5.95. The number of nitrogens with zero attached hydrogens (tertiary/aromatic N) is 1. The summed E-state index contributed by atoms with van der Waals surface area (Å²) in [7, 11) is 1.44. The molecule has 0 aliphatic carbocycles. The number of likely N-dealkylation sites (tertiary alicyclic amines) is 1. The van der Waals surface area contributed by atoms with Crippen molar-refractivity contribution < 1.29 is 13.6 Å². The van der Waals surface area contributed by atoms with E-state index in [2.05, 4.69) is 5.32 Å². The summed E-state index contributed by atoms with van der Waals surface area (Å²) in [6, 6.07) is 2.40. The lowest BCUT2D eigenvalue weighted by Gasteiger charge is -2.39. The molecule has 1 N–H and O–H groups in total. The Bertz CT molecular complexity index is 486. The molecule has 1 fully saturated rings. The molecule has 110 valence electrons. The number of amides is 1.